The third-order valence-electron chi connectivity index (χ3n) is 1.78. The Morgan fingerprint density at radius 2 is 1.93 bits per heavy atom. The lowest BCUT2D eigenvalue weighted by molar-refractivity contribution is 0.340. The van der Waals surface area contributed by atoms with Gasteiger partial charge in [-0.2, -0.15) is 0 Å². The number of ether oxygens (including phenoxy) is 1. The molecule has 0 heterocycles. The van der Waals surface area contributed by atoms with Crippen LogP contribution < -0.4 is 10.5 Å². The van der Waals surface area contributed by atoms with Crippen LogP contribution in [0, 0.1) is 0 Å². The van der Waals surface area contributed by atoms with Crippen molar-refractivity contribution < 1.29 is 4.74 Å². The average Bonchev–Trinajstić information content (AvgIpc) is 2.21. The molecule has 0 saturated carbocycles. The van der Waals surface area contributed by atoms with Crippen molar-refractivity contribution in [3.8, 4) is 5.75 Å². The maximum absolute atomic E-state index is 5.62. The summed E-state index contributed by atoms with van der Waals surface area (Å²) < 4.78 is 5.31. The zero-order valence-corrected chi connectivity index (χ0v) is 8.66. The van der Waals surface area contributed by atoms with E-state index in [1.165, 1.54) is 0 Å². The van der Waals surface area contributed by atoms with Gasteiger partial charge in [0.05, 0.1) is 18.1 Å². The van der Waals surface area contributed by atoms with Crippen molar-refractivity contribution in [2.24, 2.45) is 10.7 Å². The Morgan fingerprint density at radius 1 is 1.29 bits per heavy atom. The molecule has 0 aliphatic heterocycles. The zero-order valence-electron chi connectivity index (χ0n) is 8.66. The molecule has 0 saturated heterocycles. The lowest BCUT2D eigenvalue weighted by atomic mass is 10.3. The normalized spacial score (nSPS) is 11.4. The van der Waals surface area contributed by atoms with E-state index >= 15 is 0 Å². The Morgan fingerprint density at radius 3 is 2.43 bits per heavy atom. The van der Waals surface area contributed by atoms with E-state index in [1.807, 2.05) is 38.1 Å². The van der Waals surface area contributed by atoms with Crippen LogP contribution in [0.2, 0.25) is 0 Å². The SMILES string of the molecule is CCOc1ccc(N=C(N)CC)cc1. The van der Waals surface area contributed by atoms with Crippen LogP contribution in [0.4, 0.5) is 5.69 Å². The lowest BCUT2D eigenvalue weighted by Crippen LogP contribution is -2.08. The highest BCUT2D eigenvalue weighted by molar-refractivity contribution is 5.82. The molecule has 0 fully saturated rings. The molecule has 0 spiro atoms. The molecule has 0 aromatic heterocycles. The number of rotatable bonds is 4. The molecule has 0 radical (unpaired) electrons. The minimum Gasteiger partial charge on any atom is -0.494 e. The van der Waals surface area contributed by atoms with Gasteiger partial charge in [0.15, 0.2) is 0 Å². The summed E-state index contributed by atoms with van der Waals surface area (Å²) in [5.41, 5.74) is 6.49. The molecule has 0 bridgehead atoms. The van der Waals surface area contributed by atoms with Gasteiger partial charge >= 0.3 is 0 Å². The van der Waals surface area contributed by atoms with Gasteiger partial charge in [-0.3, -0.25) is 0 Å². The van der Waals surface area contributed by atoms with Crippen LogP contribution >= 0.6 is 0 Å². The molecule has 0 aliphatic rings. The summed E-state index contributed by atoms with van der Waals surface area (Å²) in [6, 6.07) is 7.58. The predicted molar refractivity (Wildman–Crippen MR) is 59.2 cm³/mol. The highest BCUT2D eigenvalue weighted by Gasteiger charge is 1.93. The van der Waals surface area contributed by atoms with E-state index in [4.69, 9.17) is 10.5 Å². The number of hydrogen-bond acceptors (Lipinski definition) is 2. The molecular weight excluding hydrogens is 176 g/mol. The second-order valence-electron chi connectivity index (χ2n) is 2.88. The Balaban J connectivity index is 2.73. The molecule has 0 unspecified atom stereocenters. The predicted octanol–water partition coefficient (Wildman–Crippen LogP) is 2.48. The van der Waals surface area contributed by atoms with Crippen molar-refractivity contribution in [3.63, 3.8) is 0 Å². The summed E-state index contributed by atoms with van der Waals surface area (Å²) in [5, 5.41) is 0. The molecule has 2 N–H and O–H groups in total. The number of nitrogens with zero attached hydrogens (tertiary/aromatic N) is 1. The summed E-state index contributed by atoms with van der Waals surface area (Å²) >= 11 is 0. The fourth-order valence-corrected chi connectivity index (χ4v) is 1.03. The van der Waals surface area contributed by atoms with Gasteiger partial charge in [0.2, 0.25) is 0 Å². The summed E-state index contributed by atoms with van der Waals surface area (Å²) in [5.74, 6) is 1.51. The molecule has 0 amide bonds. The molecule has 0 atom stereocenters. The Kier molecular flexibility index (Phi) is 3.98. The van der Waals surface area contributed by atoms with Crippen LogP contribution in [0.25, 0.3) is 0 Å². The van der Waals surface area contributed by atoms with Crippen LogP contribution in [-0.4, -0.2) is 12.4 Å². The van der Waals surface area contributed by atoms with E-state index in [2.05, 4.69) is 4.99 Å². The molecule has 1 rings (SSSR count). The number of aliphatic imine (C=N–C) groups is 1. The summed E-state index contributed by atoms with van der Waals surface area (Å²) in [4.78, 5) is 4.22. The monoisotopic (exact) mass is 192 g/mol. The number of nitrogens with two attached hydrogens (primary N) is 1. The van der Waals surface area contributed by atoms with E-state index < -0.39 is 0 Å². The van der Waals surface area contributed by atoms with Gasteiger partial charge in [-0.25, -0.2) is 4.99 Å². The first-order valence-corrected chi connectivity index (χ1v) is 4.82. The molecule has 76 valence electrons. The Labute approximate surface area is 84.6 Å². The van der Waals surface area contributed by atoms with Crippen molar-refractivity contribution in [1.82, 2.24) is 0 Å². The molecule has 1 aromatic carbocycles. The van der Waals surface area contributed by atoms with E-state index in [-0.39, 0.29) is 0 Å². The fraction of sp³-hybridized carbons (Fsp3) is 0.364. The minimum absolute atomic E-state index is 0.647. The highest BCUT2D eigenvalue weighted by Crippen LogP contribution is 2.17. The third-order valence-corrected chi connectivity index (χ3v) is 1.78. The summed E-state index contributed by atoms with van der Waals surface area (Å²) in [7, 11) is 0. The molecule has 0 aliphatic carbocycles. The molecular formula is C11H16N2O. The van der Waals surface area contributed by atoms with Crippen LogP contribution in [-0.2, 0) is 0 Å². The third kappa shape index (κ3) is 3.09. The highest BCUT2D eigenvalue weighted by atomic mass is 16.5. The number of benzene rings is 1. The first-order chi connectivity index (χ1) is 6.76. The summed E-state index contributed by atoms with van der Waals surface area (Å²) in [6.07, 6.45) is 0.771. The van der Waals surface area contributed by atoms with Crippen LogP contribution in [0.5, 0.6) is 5.75 Å². The quantitative estimate of drug-likeness (QED) is 0.588. The van der Waals surface area contributed by atoms with Gasteiger partial charge < -0.3 is 10.5 Å². The topological polar surface area (TPSA) is 47.6 Å². The minimum atomic E-state index is 0.647. The first-order valence-electron chi connectivity index (χ1n) is 4.82. The molecule has 3 nitrogen and oxygen atoms in total. The molecule has 1 aromatic rings. The second-order valence-corrected chi connectivity index (χ2v) is 2.88. The fourth-order valence-electron chi connectivity index (χ4n) is 1.03. The van der Waals surface area contributed by atoms with Crippen LogP contribution in [0.1, 0.15) is 20.3 Å². The zero-order chi connectivity index (χ0) is 10.4. The molecule has 14 heavy (non-hydrogen) atoms. The largest absolute Gasteiger partial charge is 0.494 e. The first kappa shape index (κ1) is 10.6. The van der Waals surface area contributed by atoms with E-state index in [1.54, 1.807) is 0 Å². The molecule has 3 heteroatoms. The van der Waals surface area contributed by atoms with Gasteiger partial charge in [0.25, 0.3) is 0 Å². The maximum Gasteiger partial charge on any atom is 0.119 e. The smallest absolute Gasteiger partial charge is 0.119 e. The van der Waals surface area contributed by atoms with Gasteiger partial charge in [-0.05, 0) is 31.2 Å². The average molecular weight is 192 g/mol. The van der Waals surface area contributed by atoms with Gasteiger partial charge in [-0.15, -0.1) is 0 Å². The van der Waals surface area contributed by atoms with Crippen molar-refractivity contribution in [2.75, 3.05) is 6.61 Å². The number of amidine groups is 1. The van der Waals surface area contributed by atoms with Crippen molar-refractivity contribution in [3.05, 3.63) is 24.3 Å². The Bertz CT molecular complexity index is 304. The Hall–Kier alpha value is -1.51. The van der Waals surface area contributed by atoms with E-state index in [0.29, 0.717) is 12.4 Å². The standard InChI is InChI=1S/C11H16N2O/c1-3-11(12)13-9-5-7-10(8-6-9)14-4-2/h5-8H,3-4H2,1-2H3,(H2,12,13). The van der Waals surface area contributed by atoms with E-state index in [9.17, 15) is 0 Å². The second kappa shape index (κ2) is 5.27. The summed E-state index contributed by atoms with van der Waals surface area (Å²) in [6.45, 7) is 4.62. The van der Waals surface area contributed by atoms with Gasteiger partial charge in [0.1, 0.15) is 5.75 Å². The van der Waals surface area contributed by atoms with Crippen molar-refractivity contribution in [1.29, 1.82) is 0 Å². The van der Waals surface area contributed by atoms with Crippen LogP contribution in [0.3, 0.4) is 0 Å². The van der Waals surface area contributed by atoms with Crippen molar-refractivity contribution in [2.45, 2.75) is 20.3 Å². The number of hydrogen-bond donors (Lipinski definition) is 1. The van der Waals surface area contributed by atoms with Gasteiger partial charge in [0, 0.05) is 6.42 Å². The van der Waals surface area contributed by atoms with E-state index in [0.717, 1.165) is 17.9 Å². The van der Waals surface area contributed by atoms with Crippen LogP contribution in [0.15, 0.2) is 29.3 Å². The van der Waals surface area contributed by atoms with Gasteiger partial charge in [-0.1, -0.05) is 6.92 Å². The lowest BCUT2D eigenvalue weighted by Gasteiger charge is -2.02. The maximum atomic E-state index is 5.62. The van der Waals surface area contributed by atoms with Crippen molar-refractivity contribution >= 4 is 11.5 Å².